The van der Waals surface area contributed by atoms with Gasteiger partial charge < -0.3 is 14.6 Å². The maximum Gasteiger partial charge on any atom is 0.255 e. The second-order valence-electron chi connectivity index (χ2n) is 9.37. The Balaban J connectivity index is 1.24. The lowest BCUT2D eigenvalue weighted by molar-refractivity contribution is 0.102. The Morgan fingerprint density at radius 3 is 2.75 bits per heavy atom. The van der Waals surface area contributed by atoms with Crippen LogP contribution in [0.5, 0.6) is 5.88 Å². The third-order valence-electron chi connectivity index (χ3n) is 6.69. The molecule has 0 atom stereocenters. The number of amides is 1. The lowest BCUT2D eigenvalue weighted by Crippen LogP contribution is -2.12. The zero-order chi connectivity index (χ0) is 27.6. The minimum Gasteiger partial charge on any atom is -0.478 e. The molecule has 1 amide bonds. The van der Waals surface area contributed by atoms with Crippen LogP contribution in [0.3, 0.4) is 0 Å². The first-order valence-electron chi connectivity index (χ1n) is 12.9. The highest BCUT2D eigenvalue weighted by Crippen LogP contribution is 2.32. The van der Waals surface area contributed by atoms with Crippen molar-refractivity contribution < 1.29 is 9.53 Å². The van der Waals surface area contributed by atoms with E-state index in [-0.39, 0.29) is 5.91 Å². The van der Waals surface area contributed by atoms with Crippen molar-refractivity contribution in [3.05, 3.63) is 108 Å². The first kappa shape index (κ1) is 24.9. The van der Waals surface area contributed by atoms with E-state index in [1.165, 1.54) is 0 Å². The van der Waals surface area contributed by atoms with Crippen molar-refractivity contribution in [2.45, 2.75) is 13.8 Å². The smallest absolute Gasteiger partial charge is 0.255 e. The van der Waals surface area contributed by atoms with Gasteiger partial charge in [-0.25, -0.2) is 14.5 Å². The number of hydrogen-bond donors (Lipinski definition) is 1. The van der Waals surface area contributed by atoms with Gasteiger partial charge in [-0.05, 0) is 67.8 Å². The fourth-order valence-electron chi connectivity index (χ4n) is 4.61. The second-order valence-corrected chi connectivity index (χ2v) is 9.37. The summed E-state index contributed by atoms with van der Waals surface area (Å²) in [6.07, 6.45) is 7.27. The van der Waals surface area contributed by atoms with E-state index < -0.39 is 0 Å². The molecule has 6 aromatic rings. The highest BCUT2D eigenvalue weighted by molar-refractivity contribution is 6.06. The minimum absolute atomic E-state index is 0.205. The van der Waals surface area contributed by atoms with Gasteiger partial charge in [0, 0.05) is 65.0 Å². The Bertz CT molecular complexity index is 1940. The highest BCUT2D eigenvalue weighted by Gasteiger charge is 2.13. The molecule has 40 heavy (non-hydrogen) atoms. The van der Waals surface area contributed by atoms with Crippen LogP contribution in [-0.4, -0.2) is 36.7 Å². The van der Waals surface area contributed by atoms with Crippen LogP contribution < -0.4 is 10.1 Å². The van der Waals surface area contributed by atoms with E-state index in [0.29, 0.717) is 29.4 Å². The number of benzene rings is 2. The van der Waals surface area contributed by atoms with Crippen molar-refractivity contribution >= 4 is 28.1 Å². The monoisotopic (exact) mass is 526 g/mol. The molecule has 0 aliphatic heterocycles. The van der Waals surface area contributed by atoms with E-state index in [9.17, 15) is 4.79 Å². The van der Waals surface area contributed by atoms with Crippen molar-refractivity contribution in [1.82, 2.24) is 24.1 Å². The topological polar surface area (TPSA) is 86.3 Å². The summed E-state index contributed by atoms with van der Waals surface area (Å²) in [6.45, 7) is 4.48. The van der Waals surface area contributed by atoms with Gasteiger partial charge in [0.1, 0.15) is 5.69 Å². The van der Waals surface area contributed by atoms with Crippen molar-refractivity contribution in [2.24, 2.45) is 7.05 Å². The number of fused-ring (bicyclic) bond motifs is 2. The molecule has 0 spiro atoms. The number of anilines is 1. The van der Waals surface area contributed by atoms with Crippen LogP contribution in [0.4, 0.5) is 5.69 Å². The molecular formula is C32H26N6O2. The van der Waals surface area contributed by atoms with Crippen molar-refractivity contribution in [3.63, 3.8) is 0 Å². The van der Waals surface area contributed by atoms with Gasteiger partial charge in [0.2, 0.25) is 5.88 Å². The molecule has 0 aliphatic carbocycles. The largest absolute Gasteiger partial charge is 0.478 e. The number of carbonyl (C=O) groups is 1. The second kappa shape index (κ2) is 10.4. The molecular weight excluding hydrogens is 500 g/mol. The minimum atomic E-state index is -0.205. The normalized spacial score (nSPS) is 10.9. The number of aryl methyl sites for hydroxylation is 2. The maximum atomic E-state index is 13.2. The molecule has 196 valence electrons. The number of nitrogens with zero attached hydrogens (tertiary/aromatic N) is 5. The molecule has 1 N–H and O–H groups in total. The Hall–Kier alpha value is -5.42. The molecule has 0 fully saturated rings. The lowest BCUT2D eigenvalue weighted by Gasteiger charge is -2.08. The van der Waals surface area contributed by atoms with Gasteiger partial charge in [-0.3, -0.25) is 4.79 Å². The number of carbonyl (C=O) groups excluding carboxylic acids is 1. The van der Waals surface area contributed by atoms with Crippen LogP contribution in [0.2, 0.25) is 0 Å². The van der Waals surface area contributed by atoms with Crippen LogP contribution in [0.25, 0.3) is 27.7 Å². The molecule has 0 bridgehead atoms. The van der Waals surface area contributed by atoms with E-state index in [4.69, 9.17) is 4.74 Å². The summed E-state index contributed by atoms with van der Waals surface area (Å²) in [4.78, 5) is 21.9. The number of nitrogens with one attached hydrogen (secondary N) is 1. The molecule has 0 saturated carbocycles. The van der Waals surface area contributed by atoms with Crippen LogP contribution in [0.15, 0.2) is 85.5 Å². The van der Waals surface area contributed by atoms with E-state index in [1.807, 2.05) is 92.3 Å². The Kier molecular flexibility index (Phi) is 6.46. The molecule has 0 radical (unpaired) electrons. The summed E-state index contributed by atoms with van der Waals surface area (Å²) < 4.78 is 9.21. The molecule has 8 nitrogen and oxygen atoms in total. The van der Waals surface area contributed by atoms with E-state index in [1.54, 1.807) is 16.9 Å². The molecule has 0 saturated heterocycles. The summed E-state index contributed by atoms with van der Waals surface area (Å²) in [6, 6.07) is 19.0. The third kappa shape index (κ3) is 4.76. The average molecular weight is 527 g/mol. The maximum absolute atomic E-state index is 13.2. The van der Waals surface area contributed by atoms with E-state index >= 15 is 0 Å². The highest BCUT2D eigenvalue weighted by atomic mass is 16.5. The summed E-state index contributed by atoms with van der Waals surface area (Å²) >= 11 is 0. The van der Waals surface area contributed by atoms with Gasteiger partial charge in [0.05, 0.1) is 18.3 Å². The Labute approximate surface area is 231 Å². The molecule has 0 unspecified atom stereocenters. The first-order chi connectivity index (χ1) is 19.5. The Morgan fingerprint density at radius 1 is 1.02 bits per heavy atom. The van der Waals surface area contributed by atoms with Crippen molar-refractivity contribution in [1.29, 1.82) is 0 Å². The molecule has 6 rings (SSSR count). The van der Waals surface area contributed by atoms with E-state index in [2.05, 4.69) is 38.4 Å². The van der Waals surface area contributed by atoms with Crippen molar-refractivity contribution in [2.75, 3.05) is 11.9 Å². The summed E-state index contributed by atoms with van der Waals surface area (Å²) in [5.74, 6) is 6.72. The number of aromatic nitrogens is 5. The van der Waals surface area contributed by atoms with Crippen molar-refractivity contribution in [3.8, 4) is 28.8 Å². The van der Waals surface area contributed by atoms with Crippen LogP contribution in [0.1, 0.15) is 34.1 Å². The summed E-state index contributed by atoms with van der Waals surface area (Å²) in [5.41, 5.74) is 7.46. The van der Waals surface area contributed by atoms with E-state index in [0.717, 1.165) is 38.8 Å². The fourth-order valence-corrected chi connectivity index (χ4v) is 4.61. The molecule has 8 heteroatoms. The van der Waals surface area contributed by atoms with Gasteiger partial charge >= 0.3 is 0 Å². The van der Waals surface area contributed by atoms with Gasteiger partial charge in [-0.1, -0.05) is 18.1 Å². The van der Waals surface area contributed by atoms with Crippen LogP contribution >= 0.6 is 0 Å². The number of hydrogen-bond acceptors (Lipinski definition) is 5. The molecule has 2 aromatic carbocycles. The number of imidazole rings is 1. The number of ether oxygens (including phenoxy) is 1. The van der Waals surface area contributed by atoms with Crippen LogP contribution in [-0.2, 0) is 7.05 Å². The van der Waals surface area contributed by atoms with Gasteiger partial charge in [-0.2, -0.15) is 5.10 Å². The average Bonchev–Trinajstić information content (AvgIpc) is 3.54. The summed E-state index contributed by atoms with van der Waals surface area (Å²) in [5, 5.41) is 8.41. The Morgan fingerprint density at radius 2 is 1.93 bits per heavy atom. The van der Waals surface area contributed by atoms with Gasteiger partial charge in [0.25, 0.3) is 5.91 Å². The lowest BCUT2D eigenvalue weighted by atomic mass is 10.0. The quantitative estimate of drug-likeness (QED) is 0.294. The first-order valence-corrected chi connectivity index (χ1v) is 12.9. The predicted molar refractivity (Wildman–Crippen MR) is 155 cm³/mol. The standard InChI is InChI=1S/C32H26N6O2/c1-4-40-31-14-10-24(18-34-31)28-20-37(3)29-17-25(11-13-27(28)29)36-32(39)23-8-7-21(2)22(16-23)9-12-26-19-33-30-6-5-15-35-38(26)30/h5-8,10-11,13-20H,4H2,1-3H3,(H,36,39). The third-order valence-corrected chi connectivity index (χ3v) is 6.69. The fraction of sp³-hybridized carbons (Fsp3) is 0.125. The van der Waals surface area contributed by atoms with Crippen LogP contribution in [0, 0.1) is 18.8 Å². The number of pyridine rings is 1. The van der Waals surface area contributed by atoms with Gasteiger partial charge in [-0.15, -0.1) is 0 Å². The number of rotatable bonds is 5. The molecule has 0 aliphatic rings. The summed E-state index contributed by atoms with van der Waals surface area (Å²) in [7, 11) is 1.99. The predicted octanol–water partition coefficient (Wildman–Crippen LogP) is 5.64. The zero-order valence-corrected chi connectivity index (χ0v) is 22.3. The van der Waals surface area contributed by atoms with Gasteiger partial charge in [0.15, 0.2) is 5.65 Å². The SMILES string of the molecule is CCOc1ccc(-c2cn(C)c3cc(NC(=O)c4ccc(C)c(C#Cc5cnc6cccnn56)c4)ccc23)cn1. The molecule has 4 aromatic heterocycles. The zero-order valence-electron chi connectivity index (χ0n) is 22.3. The molecule has 4 heterocycles.